The molecule has 25 heavy (non-hydrogen) atoms. The van der Waals surface area contributed by atoms with Crippen molar-refractivity contribution in [1.82, 2.24) is 9.88 Å². The van der Waals surface area contributed by atoms with Gasteiger partial charge in [-0.25, -0.2) is 4.98 Å². The molecule has 1 aliphatic heterocycles. The number of hydrogen-bond donors (Lipinski definition) is 1. The predicted molar refractivity (Wildman–Crippen MR) is 94.0 cm³/mol. The van der Waals surface area contributed by atoms with E-state index in [1.54, 1.807) is 13.0 Å². The van der Waals surface area contributed by atoms with Crippen LogP contribution in [0.2, 0.25) is 0 Å². The smallest absolute Gasteiger partial charge is 0.290 e. The van der Waals surface area contributed by atoms with Gasteiger partial charge < -0.3 is 10.2 Å². The summed E-state index contributed by atoms with van der Waals surface area (Å²) in [7, 11) is 0. The fourth-order valence-corrected chi connectivity index (χ4v) is 2.96. The Labute approximate surface area is 145 Å². The van der Waals surface area contributed by atoms with E-state index in [9.17, 15) is 14.9 Å². The molecule has 1 aromatic heterocycles. The molecule has 0 bridgehead atoms. The van der Waals surface area contributed by atoms with E-state index in [1.165, 1.54) is 17.3 Å². The zero-order chi connectivity index (χ0) is 17.8. The lowest BCUT2D eigenvalue weighted by Crippen LogP contribution is -2.25. The number of carbonyl (C=O) groups is 1. The van der Waals surface area contributed by atoms with Crippen LogP contribution in [0.15, 0.2) is 36.5 Å². The molecule has 7 heteroatoms. The summed E-state index contributed by atoms with van der Waals surface area (Å²) in [5, 5.41) is 13.9. The molecule has 1 N–H and O–H groups in total. The van der Waals surface area contributed by atoms with Gasteiger partial charge in [-0.2, -0.15) is 0 Å². The van der Waals surface area contributed by atoms with Gasteiger partial charge in [-0.3, -0.25) is 14.9 Å². The van der Waals surface area contributed by atoms with Crippen LogP contribution >= 0.6 is 0 Å². The van der Waals surface area contributed by atoms with Crippen LogP contribution in [0.25, 0.3) is 0 Å². The molecular weight excluding hydrogens is 320 g/mol. The van der Waals surface area contributed by atoms with Crippen LogP contribution in [-0.4, -0.2) is 27.3 Å². The Hall–Kier alpha value is -2.96. The molecule has 0 unspecified atom stereocenters. The molecule has 1 amide bonds. The lowest BCUT2D eigenvalue weighted by atomic mass is 10.1. The quantitative estimate of drug-likeness (QED) is 0.496. The van der Waals surface area contributed by atoms with Crippen LogP contribution in [0.4, 0.5) is 11.5 Å². The van der Waals surface area contributed by atoms with Crippen LogP contribution in [0.5, 0.6) is 0 Å². The van der Waals surface area contributed by atoms with Gasteiger partial charge in [-0.05, 0) is 30.5 Å². The number of carbonyl (C=O) groups excluding carboxylic acids is 1. The third-order valence-corrected chi connectivity index (χ3v) is 4.35. The molecule has 130 valence electrons. The van der Waals surface area contributed by atoms with Crippen LogP contribution in [-0.2, 0) is 17.9 Å². The average molecular weight is 340 g/mol. The van der Waals surface area contributed by atoms with Gasteiger partial charge in [0, 0.05) is 31.6 Å². The number of aromatic nitrogens is 1. The number of nitrogens with one attached hydrogen (secondary N) is 1. The van der Waals surface area contributed by atoms with Gasteiger partial charge in [0.25, 0.3) is 5.69 Å². The van der Waals surface area contributed by atoms with Crippen molar-refractivity contribution in [1.29, 1.82) is 0 Å². The third kappa shape index (κ3) is 3.93. The van der Waals surface area contributed by atoms with Crippen LogP contribution in [0.3, 0.4) is 0 Å². The fourth-order valence-electron chi connectivity index (χ4n) is 2.96. The first-order valence-corrected chi connectivity index (χ1v) is 8.24. The van der Waals surface area contributed by atoms with E-state index in [2.05, 4.69) is 22.4 Å². The number of fused-ring (bicyclic) bond motifs is 1. The lowest BCUT2D eigenvalue weighted by Gasteiger charge is -2.15. The van der Waals surface area contributed by atoms with E-state index in [1.807, 2.05) is 17.0 Å². The summed E-state index contributed by atoms with van der Waals surface area (Å²) in [6, 6.07) is 9.77. The fraction of sp³-hybridized carbons (Fsp3) is 0.333. The molecule has 0 radical (unpaired) electrons. The van der Waals surface area contributed by atoms with E-state index < -0.39 is 4.92 Å². The Morgan fingerprint density at radius 3 is 2.60 bits per heavy atom. The molecule has 1 aliphatic rings. The highest BCUT2D eigenvalue weighted by atomic mass is 16.6. The minimum absolute atomic E-state index is 0.00864. The molecule has 0 aliphatic carbocycles. The summed E-state index contributed by atoms with van der Waals surface area (Å²) in [6.45, 7) is 3.65. The molecule has 3 rings (SSSR count). The number of aryl methyl sites for hydroxylation is 1. The van der Waals surface area contributed by atoms with Crippen molar-refractivity contribution in [2.24, 2.45) is 0 Å². The van der Waals surface area contributed by atoms with E-state index in [-0.39, 0.29) is 11.6 Å². The van der Waals surface area contributed by atoms with Crippen LogP contribution in [0.1, 0.15) is 29.5 Å². The van der Waals surface area contributed by atoms with Crippen molar-refractivity contribution in [3.05, 3.63) is 63.3 Å². The molecule has 0 fully saturated rings. The largest absolute Gasteiger partial charge is 0.370 e. The highest BCUT2D eigenvalue weighted by Gasteiger charge is 2.22. The van der Waals surface area contributed by atoms with Crippen molar-refractivity contribution < 1.29 is 9.72 Å². The van der Waals surface area contributed by atoms with E-state index in [4.69, 9.17) is 0 Å². The molecule has 0 saturated carbocycles. The van der Waals surface area contributed by atoms with Gasteiger partial charge >= 0.3 is 0 Å². The number of hydrogen-bond acceptors (Lipinski definition) is 5. The number of nitrogens with zero attached hydrogens (tertiary/aromatic N) is 3. The Balaban J connectivity index is 1.44. The normalized spacial score (nSPS) is 12.8. The molecule has 0 saturated heterocycles. The maximum absolute atomic E-state index is 12.3. The Kier molecular flexibility index (Phi) is 4.92. The minimum atomic E-state index is -0.446. The van der Waals surface area contributed by atoms with Crippen LogP contribution in [0, 0.1) is 17.0 Å². The van der Waals surface area contributed by atoms with Gasteiger partial charge in [0.05, 0.1) is 4.92 Å². The summed E-state index contributed by atoms with van der Waals surface area (Å²) in [5.41, 5.74) is 3.02. The first-order valence-electron chi connectivity index (χ1n) is 8.24. The zero-order valence-electron chi connectivity index (χ0n) is 14.1. The Morgan fingerprint density at radius 2 is 2.00 bits per heavy atom. The maximum atomic E-state index is 12.3. The molecule has 0 spiro atoms. The van der Waals surface area contributed by atoms with Crippen molar-refractivity contribution in [2.45, 2.75) is 32.9 Å². The highest BCUT2D eigenvalue weighted by molar-refractivity contribution is 5.77. The van der Waals surface area contributed by atoms with E-state index in [0.717, 1.165) is 0 Å². The molecule has 2 aromatic rings. The summed E-state index contributed by atoms with van der Waals surface area (Å²) >= 11 is 0. The van der Waals surface area contributed by atoms with Crippen molar-refractivity contribution in [3.8, 4) is 0 Å². The second kappa shape index (κ2) is 7.29. The predicted octanol–water partition coefficient (Wildman–Crippen LogP) is 3.03. The third-order valence-electron chi connectivity index (χ3n) is 4.35. The number of nitro groups is 1. The number of amides is 1. The summed E-state index contributed by atoms with van der Waals surface area (Å²) in [5.74, 6) is 0.731. The first kappa shape index (κ1) is 16.9. The topological polar surface area (TPSA) is 88.4 Å². The zero-order valence-corrected chi connectivity index (χ0v) is 14.1. The van der Waals surface area contributed by atoms with Crippen molar-refractivity contribution >= 4 is 17.4 Å². The van der Waals surface area contributed by atoms with Crippen molar-refractivity contribution in [3.63, 3.8) is 0 Å². The molecule has 1 aromatic carbocycles. The van der Waals surface area contributed by atoms with E-state index >= 15 is 0 Å². The standard InChI is InChI=1S/C18H20N4O3/c1-13-9-17(20-10-16(13)22(24)25)19-8-4-7-18(23)21-11-14-5-2-3-6-15(14)12-21/h2-3,5-6,9-10H,4,7-8,11-12H2,1H3,(H,19,20). The van der Waals surface area contributed by atoms with Crippen molar-refractivity contribution in [2.75, 3.05) is 11.9 Å². The maximum Gasteiger partial charge on any atom is 0.290 e. The Morgan fingerprint density at radius 1 is 1.32 bits per heavy atom. The number of pyridine rings is 1. The highest BCUT2D eigenvalue weighted by Crippen LogP contribution is 2.23. The second-order valence-corrected chi connectivity index (χ2v) is 6.16. The first-order chi connectivity index (χ1) is 12.0. The lowest BCUT2D eigenvalue weighted by molar-refractivity contribution is -0.385. The summed E-state index contributed by atoms with van der Waals surface area (Å²) < 4.78 is 0. The van der Waals surface area contributed by atoms with Gasteiger partial charge in [-0.1, -0.05) is 24.3 Å². The summed E-state index contributed by atoms with van der Waals surface area (Å²) in [4.78, 5) is 28.5. The van der Waals surface area contributed by atoms with Gasteiger partial charge in [0.15, 0.2) is 0 Å². The molecule has 2 heterocycles. The molecule has 7 nitrogen and oxygen atoms in total. The van der Waals surface area contributed by atoms with Gasteiger partial charge in [0.1, 0.15) is 12.0 Å². The monoisotopic (exact) mass is 340 g/mol. The van der Waals surface area contributed by atoms with E-state index in [0.29, 0.717) is 43.9 Å². The van der Waals surface area contributed by atoms with Gasteiger partial charge in [-0.15, -0.1) is 0 Å². The summed E-state index contributed by atoms with van der Waals surface area (Å²) in [6.07, 6.45) is 2.40. The number of benzene rings is 1. The number of anilines is 1. The molecule has 0 atom stereocenters. The SMILES string of the molecule is Cc1cc(NCCCC(=O)N2Cc3ccccc3C2)ncc1[N+](=O)[O-]. The number of rotatable bonds is 6. The minimum Gasteiger partial charge on any atom is -0.370 e. The van der Waals surface area contributed by atoms with Gasteiger partial charge in [0.2, 0.25) is 5.91 Å². The Bertz CT molecular complexity index is 782. The average Bonchev–Trinajstić information content (AvgIpc) is 3.02. The molecular formula is C18H20N4O3. The van der Waals surface area contributed by atoms with Crippen LogP contribution < -0.4 is 5.32 Å². The second-order valence-electron chi connectivity index (χ2n) is 6.16.